The molecule has 4 aromatic rings. The van der Waals surface area contributed by atoms with Gasteiger partial charge in [-0.15, -0.1) is 10.2 Å². The largest absolute Gasteiger partial charge is 0.495 e. The quantitative estimate of drug-likeness (QED) is 0.559. The van der Waals surface area contributed by atoms with Crippen molar-refractivity contribution in [3.63, 3.8) is 0 Å². The van der Waals surface area contributed by atoms with Crippen molar-refractivity contribution in [2.45, 2.75) is 6.92 Å². The van der Waals surface area contributed by atoms with Crippen molar-refractivity contribution >= 4 is 39.5 Å². The molecule has 0 bridgehead atoms. The molecule has 9 heteroatoms. The van der Waals surface area contributed by atoms with E-state index in [9.17, 15) is 4.79 Å². The van der Waals surface area contributed by atoms with Crippen molar-refractivity contribution in [2.24, 2.45) is 0 Å². The molecule has 0 aliphatic rings. The first-order valence-corrected chi connectivity index (χ1v) is 9.19. The number of hydrogen-bond donors (Lipinski definition) is 1. The van der Waals surface area contributed by atoms with E-state index in [0.29, 0.717) is 22.0 Å². The number of aryl methyl sites for hydroxylation is 1. The van der Waals surface area contributed by atoms with E-state index < -0.39 is 0 Å². The Labute approximate surface area is 163 Å². The monoisotopic (exact) mass is 399 g/mol. The fraction of sp³-hybridized carbons (Fsp3) is 0.111. The Morgan fingerprint density at radius 3 is 2.63 bits per heavy atom. The van der Waals surface area contributed by atoms with Crippen molar-refractivity contribution < 1.29 is 9.53 Å². The molecule has 2 aromatic heterocycles. The molecule has 7 nitrogen and oxygen atoms in total. The highest BCUT2D eigenvalue weighted by Crippen LogP contribution is 2.27. The topological polar surface area (TPSA) is 81.4 Å². The third kappa shape index (κ3) is 3.36. The molecule has 2 aromatic carbocycles. The van der Waals surface area contributed by atoms with Gasteiger partial charge in [0.1, 0.15) is 10.8 Å². The number of ether oxygens (including phenoxy) is 1. The molecule has 1 amide bonds. The molecule has 0 aliphatic carbocycles. The first kappa shape index (κ1) is 17.4. The number of rotatable bonds is 4. The molecule has 0 fully saturated rings. The molecular weight excluding hydrogens is 386 g/mol. The maximum Gasteiger partial charge on any atom is 0.255 e. The molecule has 27 heavy (non-hydrogen) atoms. The minimum absolute atomic E-state index is 0.248. The average molecular weight is 400 g/mol. The van der Waals surface area contributed by atoms with Crippen molar-refractivity contribution in [3.05, 3.63) is 58.9 Å². The summed E-state index contributed by atoms with van der Waals surface area (Å²) in [5, 5.41) is 16.6. The molecule has 0 unspecified atom stereocenters. The maximum atomic E-state index is 12.4. The lowest BCUT2D eigenvalue weighted by Gasteiger charge is -2.08. The number of benzene rings is 2. The van der Waals surface area contributed by atoms with Gasteiger partial charge in [-0.3, -0.25) is 4.79 Å². The normalized spacial score (nSPS) is 10.9. The number of nitrogens with one attached hydrogen (secondary N) is 1. The number of halogens is 1. The van der Waals surface area contributed by atoms with E-state index in [4.69, 9.17) is 16.3 Å². The van der Waals surface area contributed by atoms with E-state index >= 15 is 0 Å². The maximum absolute atomic E-state index is 12.4. The Morgan fingerprint density at radius 1 is 1.19 bits per heavy atom. The summed E-state index contributed by atoms with van der Waals surface area (Å²) < 4.78 is 6.81. The number of amides is 1. The SMILES string of the molecule is COc1ccc(C(=O)Nc2ccc(-c3nn4c(C)nnc4s3)cc2)cc1Cl. The number of fused-ring (bicyclic) bond motifs is 1. The smallest absolute Gasteiger partial charge is 0.255 e. The van der Waals surface area contributed by atoms with E-state index in [1.165, 1.54) is 18.4 Å². The Bertz CT molecular complexity index is 1140. The predicted molar refractivity (Wildman–Crippen MR) is 105 cm³/mol. The summed E-state index contributed by atoms with van der Waals surface area (Å²) in [6.45, 7) is 1.85. The highest BCUT2D eigenvalue weighted by molar-refractivity contribution is 7.19. The van der Waals surface area contributed by atoms with Crippen LogP contribution >= 0.6 is 22.9 Å². The Kier molecular flexibility index (Phi) is 4.51. The summed E-state index contributed by atoms with van der Waals surface area (Å²) in [4.78, 5) is 13.1. The van der Waals surface area contributed by atoms with Gasteiger partial charge in [-0.2, -0.15) is 9.61 Å². The van der Waals surface area contributed by atoms with Crippen LogP contribution in [0.25, 0.3) is 15.5 Å². The van der Waals surface area contributed by atoms with Crippen LogP contribution in [0.1, 0.15) is 16.2 Å². The molecule has 1 N–H and O–H groups in total. The number of nitrogens with zero attached hydrogens (tertiary/aromatic N) is 4. The molecule has 0 atom stereocenters. The molecular formula is C18H14ClN5O2S. The number of aromatic nitrogens is 4. The van der Waals surface area contributed by atoms with Gasteiger partial charge in [-0.25, -0.2) is 0 Å². The summed E-state index contributed by atoms with van der Waals surface area (Å²) in [5.74, 6) is 1.02. The molecule has 136 valence electrons. The highest BCUT2D eigenvalue weighted by Gasteiger charge is 2.12. The average Bonchev–Trinajstić information content (AvgIpc) is 3.24. The Hall–Kier alpha value is -2.97. The molecule has 0 aliphatic heterocycles. The van der Waals surface area contributed by atoms with Gasteiger partial charge in [0.05, 0.1) is 12.1 Å². The first-order valence-electron chi connectivity index (χ1n) is 7.99. The van der Waals surface area contributed by atoms with Gasteiger partial charge in [-0.1, -0.05) is 22.9 Å². The molecule has 0 saturated carbocycles. The Balaban J connectivity index is 1.51. The zero-order valence-corrected chi connectivity index (χ0v) is 16.0. The van der Waals surface area contributed by atoms with E-state index in [1.54, 1.807) is 22.7 Å². The van der Waals surface area contributed by atoms with E-state index in [0.717, 1.165) is 21.4 Å². The molecule has 2 heterocycles. The van der Waals surface area contributed by atoms with Crippen LogP contribution in [0.15, 0.2) is 42.5 Å². The van der Waals surface area contributed by atoms with Gasteiger partial charge in [0.25, 0.3) is 5.91 Å². The number of methoxy groups -OCH3 is 1. The first-order chi connectivity index (χ1) is 13.0. The van der Waals surface area contributed by atoms with Crippen LogP contribution < -0.4 is 10.1 Å². The van der Waals surface area contributed by atoms with Crippen LogP contribution in [0, 0.1) is 6.92 Å². The second-order valence-corrected chi connectivity index (χ2v) is 7.09. The Morgan fingerprint density at radius 2 is 1.96 bits per heavy atom. The van der Waals surface area contributed by atoms with Crippen LogP contribution in [0.5, 0.6) is 5.75 Å². The summed E-state index contributed by atoms with van der Waals surface area (Å²) in [5.41, 5.74) is 2.07. The second kappa shape index (κ2) is 6.98. The summed E-state index contributed by atoms with van der Waals surface area (Å²) in [6, 6.07) is 12.4. The van der Waals surface area contributed by atoms with Crippen molar-refractivity contribution in [3.8, 4) is 16.3 Å². The molecule has 4 rings (SSSR count). The van der Waals surface area contributed by atoms with Crippen LogP contribution in [-0.2, 0) is 0 Å². The fourth-order valence-corrected chi connectivity index (χ4v) is 3.69. The van der Waals surface area contributed by atoms with E-state index in [1.807, 2.05) is 31.2 Å². The third-order valence-corrected chi connectivity index (χ3v) is 5.19. The third-order valence-electron chi connectivity index (χ3n) is 3.95. The van der Waals surface area contributed by atoms with E-state index in [-0.39, 0.29) is 5.91 Å². The number of anilines is 1. The van der Waals surface area contributed by atoms with Gasteiger partial charge in [0, 0.05) is 16.8 Å². The molecule has 0 spiro atoms. The van der Waals surface area contributed by atoms with E-state index in [2.05, 4.69) is 20.6 Å². The number of hydrogen-bond acceptors (Lipinski definition) is 6. The minimum atomic E-state index is -0.248. The van der Waals surface area contributed by atoms with Gasteiger partial charge in [-0.05, 0) is 49.4 Å². The summed E-state index contributed by atoms with van der Waals surface area (Å²) in [6.07, 6.45) is 0. The van der Waals surface area contributed by atoms with Gasteiger partial charge >= 0.3 is 0 Å². The van der Waals surface area contributed by atoms with Crippen molar-refractivity contribution in [1.29, 1.82) is 0 Å². The van der Waals surface area contributed by atoms with Crippen LogP contribution in [0.3, 0.4) is 0 Å². The van der Waals surface area contributed by atoms with Gasteiger partial charge < -0.3 is 10.1 Å². The summed E-state index contributed by atoms with van der Waals surface area (Å²) in [7, 11) is 1.53. The molecule has 0 radical (unpaired) electrons. The second-order valence-electron chi connectivity index (χ2n) is 5.73. The van der Waals surface area contributed by atoms with Gasteiger partial charge in [0.15, 0.2) is 5.82 Å². The predicted octanol–water partition coefficient (Wildman–Crippen LogP) is 4.08. The standard InChI is InChI=1S/C18H14ClN5O2S/c1-10-21-22-18-24(10)23-17(27-18)11-3-6-13(7-4-11)20-16(25)12-5-8-15(26-2)14(19)9-12/h3-9H,1-2H3,(H,20,25). The fourth-order valence-electron chi connectivity index (χ4n) is 2.54. The van der Waals surface area contributed by atoms with Crippen LogP contribution in [0.4, 0.5) is 5.69 Å². The number of carbonyl (C=O) groups excluding carboxylic acids is 1. The lowest BCUT2D eigenvalue weighted by Crippen LogP contribution is -2.11. The van der Waals surface area contributed by atoms with Crippen molar-refractivity contribution in [1.82, 2.24) is 19.8 Å². The lowest BCUT2D eigenvalue weighted by molar-refractivity contribution is 0.102. The number of carbonyl (C=O) groups is 1. The lowest BCUT2D eigenvalue weighted by atomic mass is 10.2. The van der Waals surface area contributed by atoms with Gasteiger partial charge in [0.2, 0.25) is 4.96 Å². The van der Waals surface area contributed by atoms with Crippen LogP contribution in [-0.4, -0.2) is 32.8 Å². The highest BCUT2D eigenvalue weighted by atomic mass is 35.5. The minimum Gasteiger partial charge on any atom is -0.495 e. The zero-order valence-electron chi connectivity index (χ0n) is 14.4. The van der Waals surface area contributed by atoms with Crippen LogP contribution in [0.2, 0.25) is 5.02 Å². The van der Waals surface area contributed by atoms with Crippen molar-refractivity contribution in [2.75, 3.05) is 12.4 Å². The zero-order chi connectivity index (χ0) is 19.0. The molecule has 0 saturated heterocycles. The summed E-state index contributed by atoms with van der Waals surface area (Å²) >= 11 is 7.54.